The second-order valence-corrected chi connectivity index (χ2v) is 2.79. The lowest BCUT2D eigenvalue weighted by atomic mass is 10.0. The maximum atomic E-state index is 10.6. The molecule has 0 amide bonds. The molecule has 0 bridgehead atoms. The molecule has 0 aliphatic carbocycles. The third-order valence-corrected chi connectivity index (χ3v) is 1.50. The number of hydrogen-bond acceptors (Lipinski definition) is 3. The smallest absolute Gasteiger partial charge is 0.335 e. The molecule has 11 heavy (non-hydrogen) atoms. The number of carboxylic acids is 1. The van der Waals surface area contributed by atoms with Crippen LogP contribution in [0.4, 0.5) is 0 Å². The minimum Gasteiger partial charge on any atom is -0.478 e. The van der Waals surface area contributed by atoms with Crippen LogP contribution in [0.5, 0.6) is 0 Å². The second kappa shape index (κ2) is 2.08. The molecule has 0 aromatic rings. The van der Waals surface area contributed by atoms with E-state index in [0.29, 0.717) is 0 Å². The highest BCUT2D eigenvalue weighted by molar-refractivity contribution is 6.00. The van der Waals surface area contributed by atoms with Crippen LogP contribution in [-0.2, 0) is 14.3 Å². The zero-order valence-electron chi connectivity index (χ0n) is 6.25. The average Bonchev–Trinajstić information content (AvgIpc) is 2.04. The van der Waals surface area contributed by atoms with Crippen molar-refractivity contribution in [2.24, 2.45) is 0 Å². The molecule has 1 heterocycles. The Kier molecular flexibility index (Phi) is 1.47. The van der Waals surface area contributed by atoms with Crippen molar-refractivity contribution in [2.45, 2.75) is 19.4 Å². The van der Waals surface area contributed by atoms with E-state index in [-0.39, 0.29) is 5.57 Å². The number of rotatable bonds is 1. The topological polar surface area (TPSA) is 63.6 Å². The Morgan fingerprint density at radius 3 is 2.36 bits per heavy atom. The van der Waals surface area contributed by atoms with Crippen LogP contribution in [0, 0.1) is 0 Å². The molecule has 0 atom stereocenters. The molecular weight excluding hydrogens is 148 g/mol. The summed E-state index contributed by atoms with van der Waals surface area (Å²) in [5, 5.41) is 8.57. The quantitative estimate of drug-likeness (QED) is 0.556. The molecule has 0 aromatic heterocycles. The molecule has 1 aliphatic rings. The lowest BCUT2D eigenvalue weighted by Crippen LogP contribution is -2.27. The number of aliphatic carboxylic acids is 1. The summed E-state index contributed by atoms with van der Waals surface area (Å²) in [4.78, 5) is 21.1. The molecule has 0 aromatic carbocycles. The van der Waals surface area contributed by atoms with Gasteiger partial charge < -0.3 is 9.84 Å². The summed E-state index contributed by atoms with van der Waals surface area (Å²) < 4.78 is 4.71. The Hall–Kier alpha value is -1.32. The van der Waals surface area contributed by atoms with Crippen LogP contribution >= 0.6 is 0 Å². The van der Waals surface area contributed by atoms with Gasteiger partial charge in [0.1, 0.15) is 5.60 Å². The van der Waals surface area contributed by atoms with E-state index >= 15 is 0 Å². The maximum Gasteiger partial charge on any atom is 0.335 e. The predicted octanol–water partition coefficient (Wildman–Crippen LogP) is 0.333. The summed E-state index contributed by atoms with van der Waals surface area (Å²) in [6.07, 6.45) is 1.00. The number of cyclic esters (lactones) is 1. The first-order valence-electron chi connectivity index (χ1n) is 3.12. The molecule has 4 nitrogen and oxygen atoms in total. The SMILES string of the molecule is CC1(C)OC(=O)C=C1C(=O)O. The van der Waals surface area contributed by atoms with Crippen molar-refractivity contribution >= 4 is 11.9 Å². The van der Waals surface area contributed by atoms with E-state index in [0.717, 1.165) is 6.08 Å². The van der Waals surface area contributed by atoms with Gasteiger partial charge in [-0.05, 0) is 13.8 Å². The standard InChI is InChI=1S/C7H8O4/c1-7(2)4(6(9)10)3-5(8)11-7/h3H,1-2H3,(H,9,10). The molecule has 0 saturated heterocycles. The Morgan fingerprint density at radius 2 is 2.18 bits per heavy atom. The van der Waals surface area contributed by atoms with Gasteiger partial charge in [-0.15, -0.1) is 0 Å². The molecule has 0 unspecified atom stereocenters. The zero-order chi connectivity index (χ0) is 8.65. The van der Waals surface area contributed by atoms with Gasteiger partial charge in [0.05, 0.1) is 5.57 Å². The molecule has 1 rings (SSSR count). The first-order chi connectivity index (χ1) is 4.93. The number of esters is 1. The van der Waals surface area contributed by atoms with Gasteiger partial charge in [0.15, 0.2) is 0 Å². The van der Waals surface area contributed by atoms with Crippen LogP contribution in [0.2, 0.25) is 0 Å². The summed E-state index contributed by atoms with van der Waals surface area (Å²) >= 11 is 0. The molecular formula is C7H8O4. The Labute approximate surface area is 63.5 Å². The third kappa shape index (κ3) is 1.24. The first kappa shape index (κ1) is 7.78. The van der Waals surface area contributed by atoms with Crippen molar-refractivity contribution in [1.82, 2.24) is 0 Å². The van der Waals surface area contributed by atoms with E-state index in [2.05, 4.69) is 0 Å². The maximum absolute atomic E-state index is 10.6. The fraction of sp³-hybridized carbons (Fsp3) is 0.429. The van der Waals surface area contributed by atoms with Crippen molar-refractivity contribution in [3.63, 3.8) is 0 Å². The normalized spacial score (nSPS) is 20.9. The van der Waals surface area contributed by atoms with Crippen LogP contribution < -0.4 is 0 Å². The zero-order valence-corrected chi connectivity index (χ0v) is 6.25. The molecule has 1 N–H and O–H groups in total. The van der Waals surface area contributed by atoms with E-state index in [1.54, 1.807) is 0 Å². The second-order valence-electron chi connectivity index (χ2n) is 2.79. The fourth-order valence-corrected chi connectivity index (χ4v) is 0.947. The molecule has 0 radical (unpaired) electrons. The Bertz CT molecular complexity index is 249. The van der Waals surface area contributed by atoms with Crippen LogP contribution in [0.3, 0.4) is 0 Å². The van der Waals surface area contributed by atoms with Crippen molar-refractivity contribution in [3.8, 4) is 0 Å². The van der Waals surface area contributed by atoms with Crippen LogP contribution in [-0.4, -0.2) is 22.6 Å². The van der Waals surface area contributed by atoms with Gasteiger partial charge >= 0.3 is 11.9 Å². The van der Waals surface area contributed by atoms with Gasteiger partial charge in [-0.25, -0.2) is 9.59 Å². The molecule has 0 fully saturated rings. The largest absolute Gasteiger partial charge is 0.478 e. The molecule has 60 valence electrons. The number of carboxylic acid groups (broad SMARTS) is 1. The molecule has 0 saturated carbocycles. The van der Waals surface area contributed by atoms with Crippen LogP contribution in [0.25, 0.3) is 0 Å². The Morgan fingerprint density at radius 1 is 1.64 bits per heavy atom. The summed E-state index contributed by atoms with van der Waals surface area (Å²) in [6.45, 7) is 3.08. The summed E-state index contributed by atoms with van der Waals surface area (Å²) in [6, 6.07) is 0. The van der Waals surface area contributed by atoms with E-state index in [4.69, 9.17) is 9.84 Å². The first-order valence-corrected chi connectivity index (χ1v) is 3.12. The number of carbonyl (C=O) groups excluding carboxylic acids is 1. The number of hydrogen-bond donors (Lipinski definition) is 1. The Balaban J connectivity index is 3.01. The minimum atomic E-state index is -1.11. The highest BCUT2D eigenvalue weighted by Gasteiger charge is 2.38. The highest BCUT2D eigenvalue weighted by Crippen LogP contribution is 2.26. The fourth-order valence-electron chi connectivity index (χ4n) is 0.947. The van der Waals surface area contributed by atoms with Gasteiger partial charge in [-0.3, -0.25) is 0 Å². The van der Waals surface area contributed by atoms with Gasteiger partial charge in [0.25, 0.3) is 0 Å². The van der Waals surface area contributed by atoms with Gasteiger partial charge in [-0.2, -0.15) is 0 Å². The van der Waals surface area contributed by atoms with E-state index in [1.807, 2.05) is 0 Å². The predicted molar refractivity (Wildman–Crippen MR) is 35.9 cm³/mol. The molecule has 4 heteroatoms. The summed E-state index contributed by atoms with van der Waals surface area (Å²) in [7, 11) is 0. The van der Waals surface area contributed by atoms with Crippen molar-refractivity contribution in [2.75, 3.05) is 0 Å². The van der Waals surface area contributed by atoms with Gasteiger partial charge in [0, 0.05) is 6.08 Å². The number of ether oxygens (including phenoxy) is 1. The van der Waals surface area contributed by atoms with Crippen LogP contribution in [0.15, 0.2) is 11.6 Å². The third-order valence-electron chi connectivity index (χ3n) is 1.50. The van der Waals surface area contributed by atoms with Crippen molar-refractivity contribution < 1.29 is 19.4 Å². The van der Waals surface area contributed by atoms with Gasteiger partial charge in [-0.1, -0.05) is 0 Å². The van der Waals surface area contributed by atoms with E-state index < -0.39 is 17.5 Å². The van der Waals surface area contributed by atoms with Crippen molar-refractivity contribution in [3.05, 3.63) is 11.6 Å². The lowest BCUT2D eigenvalue weighted by molar-refractivity contribution is -0.145. The van der Waals surface area contributed by atoms with Crippen LogP contribution in [0.1, 0.15) is 13.8 Å². The van der Waals surface area contributed by atoms with E-state index in [9.17, 15) is 9.59 Å². The van der Waals surface area contributed by atoms with E-state index in [1.165, 1.54) is 13.8 Å². The minimum absolute atomic E-state index is 0.00231. The summed E-state index contributed by atoms with van der Waals surface area (Å²) in [5.41, 5.74) is -0.981. The van der Waals surface area contributed by atoms with Gasteiger partial charge in [0.2, 0.25) is 0 Å². The average molecular weight is 156 g/mol. The lowest BCUT2D eigenvalue weighted by Gasteiger charge is -2.17. The highest BCUT2D eigenvalue weighted by atomic mass is 16.6. The monoisotopic (exact) mass is 156 g/mol. The summed E-state index contributed by atoms with van der Waals surface area (Å²) in [5.74, 6) is -1.70. The van der Waals surface area contributed by atoms with Crippen molar-refractivity contribution in [1.29, 1.82) is 0 Å². The molecule has 0 spiro atoms. The number of carbonyl (C=O) groups is 2. The molecule has 1 aliphatic heterocycles.